The van der Waals surface area contributed by atoms with E-state index >= 15 is 0 Å². The van der Waals surface area contributed by atoms with Gasteiger partial charge in [-0.15, -0.1) is 0 Å². The second-order valence-electron chi connectivity index (χ2n) is 4.35. The van der Waals surface area contributed by atoms with E-state index in [0.29, 0.717) is 11.5 Å². The Hall–Kier alpha value is -1.03. The molecule has 1 aromatic rings. The zero-order valence-corrected chi connectivity index (χ0v) is 11.7. The lowest BCUT2D eigenvalue weighted by Crippen LogP contribution is -2.38. The monoisotopic (exact) mass is 299 g/mol. The summed E-state index contributed by atoms with van der Waals surface area (Å²) in [6.45, 7) is 4.18. The number of aromatic hydroxyl groups is 1. The minimum Gasteiger partial charge on any atom is -0.508 e. The molecule has 0 bridgehead atoms. The van der Waals surface area contributed by atoms with Crippen LogP contribution in [0.15, 0.2) is 24.3 Å². The third-order valence-electron chi connectivity index (χ3n) is 2.67. The molecule has 2 N–H and O–H groups in total. The number of amides is 1. The van der Waals surface area contributed by atoms with Crippen molar-refractivity contribution in [3.8, 4) is 5.75 Å². The summed E-state index contributed by atoms with van der Waals surface area (Å²) in [4.78, 5) is 11.9. The SMILES string of the molecule is CC(C)C(CCBr)NC(=O)c1ccc(O)cc1. The molecule has 1 atom stereocenters. The van der Waals surface area contributed by atoms with E-state index < -0.39 is 0 Å². The second-order valence-corrected chi connectivity index (χ2v) is 5.14. The third kappa shape index (κ3) is 4.38. The van der Waals surface area contributed by atoms with Gasteiger partial charge < -0.3 is 10.4 Å². The van der Waals surface area contributed by atoms with Crippen LogP contribution >= 0.6 is 15.9 Å². The van der Waals surface area contributed by atoms with Crippen molar-refractivity contribution in [3.05, 3.63) is 29.8 Å². The van der Waals surface area contributed by atoms with Crippen molar-refractivity contribution in [1.29, 1.82) is 0 Å². The molecular weight excluding hydrogens is 282 g/mol. The number of phenolic OH excluding ortho intramolecular Hbond substituents is 1. The van der Waals surface area contributed by atoms with Crippen molar-refractivity contribution in [2.24, 2.45) is 5.92 Å². The highest BCUT2D eigenvalue weighted by Gasteiger charge is 2.16. The lowest BCUT2D eigenvalue weighted by Gasteiger charge is -2.21. The molecule has 0 heterocycles. The van der Waals surface area contributed by atoms with E-state index in [0.717, 1.165) is 11.8 Å². The number of nitrogens with one attached hydrogen (secondary N) is 1. The van der Waals surface area contributed by atoms with Crippen LogP contribution in [0, 0.1) is 5.92 Å². The molecule has 0 aliphatic heterocycles. The number of alkyl halides is 1. The van der Waals surface area contributed by atoms with Crippen molar-refractivity contribution in [1.82, 2.24) is 5.32 Å². The van der Waals surface area contributed by atoms with Crippen LogP contribution < -0.4 is 5.32 Å². The van der Waals surface area contributed by atoms with Crippen LogP contribution in [0.5, 0.6) is 5.75 Å². The fourth-order valence-corrected chi connectivity index (χ4v) is 2.05. The number of benzene rings is 1. The van der Waals surface area contributed by atoms with Crippen molar-refractivity contribution < 1.29 is 9.90 Å². The molecule has 1 rings (SSSR count). The fraction of sp³-hybridized carbons (Fsp3) is 0.462. The number of rotatable bonds is 5. The van der Waals surface area contributed by atoms with Gasteiger partial charge >= 0.3 is 0 Å². The largest absolute Gasteiger partial charge is 0.508 e. The van der Waals surface area contributed by atoms with Gasteiger partial charge in [-0.1, -0.05) is 29.8 Å². The van der Waals surface area contributed by atoms with Gasteiger partial charge in [-0.05, 0) is 36.6 Å². The molecular formula is C13H18BrNO2. The van der Waals surface area contributed by atoms with Crippen LogP contribution in [0.2, 0.25) is 0 Å². The zero-order valence-electron chi connectivity index (χ0n) is 10.1. The van der Waals surface area contributed by atoms with E-state index in [4.69, 9.17) is 5.11 Å². The summed E-state index contributed by atoms with van der Waals surface area (Å²) in [5.74, 6) is 0.473. The van der Waals surface area contributed by atoms with Gasteiger partial charge in [0.05, 0.1) is 0 Å². The standard InChI is InChI=1S/C13H18BrNO2/c1-9(2)12(7-8-14)15-13(17)10-3-5-11(16)6-4-10/h3-6,9,12,16H,7-8H2,1-2H3,(H,15,17). The first-order valence-corrected chi connectivity index (χ1v) is 6.82. The van der Waals surface area contributed by atoms with E-state index in [1.807, 2.05) is 0 Å². The molecule has 0 fully saturated rings. The average Bonchev–Trinajstić information content (AvgIpc) is 2.29. The summed E-state index contributed by atoms with van der Waals surface area (Å²) in [7, 11) is 0. The molecule has 0 saturated heterocycles. The first kappa shape index (κ1) is 14.0. The highest BCUT2D eigenvalue weighted by molar-refractivity contribution is 9.09. The number of hydrogen-bond acceptors (Lipinski definition) is 2. The minimum atomic E-state index is -0.0929. The van der Waals surface area contributed by atoms with E-state index in [2.05, 4.69) is 35.1 Å². The van der Waals surface area contributed by atoms with Gasteiger partial charge in [0.15, 0.2) is 0 Å². The van der Waals surface area contributed by atoms with Gasteiger partial charge in [-0.3, -0.25) is 4.79 Å². The first-order valence-electron chi connectivity index (χ1n) is 5.70. The first-order chi connectivity index (χ1) is 8.04. The number of carbonyl (C=O) groups excluding carboxylic acids is 1. The van der Waals surface area contributed by atoms with Crippen LogP contribution in [0.4, 0.5) is 0 Å². The molecule has 1 aromatic carbocycles. The van der Waals surface area contributed by atoms with E-state index in [1.54, 1.807) is 12.1 Å². The van der Waals surface area contributed by atoms with Gasteiger partial charge in [0, 0.05) is 16.9 Å². The van der Waals surface area contributed by atoms with Crippen LogP contribution in [-0.2, 0) is 0 Å². The van der Waals surface area contributed by atoms with E-state index in [9.17, 15) is 4.79 Å². The van der Waals surface area contributed by atoms with E-state index in [-0.39, 0.29) is 17.7 Å². The van der Waals surface area contributed by atoms with Crippen LogP contribution in [0.25, 0.3) is 0 Å². The normalized spacial score (nSPS) is 12.5. The Bertz CT molecular complexity index is 362. The Balaban J connectivity index is 2.66. The molecule has 0 radical (unpaired) electrons. The summed E-state index contributed by atoms with van der Waals surface area (Å²) < 4.78 is 0. The van der Waals surface area contributed by atoms with Gasteiger partial charge in [-0.25, -0.2) is 0 Å². The Morgan fingerprint density at radius 1 is 1.35 bits per heavy atom. The zero-order chi connectivity index (χ0) is 12.8. The topological polar surface area (TPSA) is 49.3 Å². The van der Waals surface area contributed by atoms with Crippen LogP contribution in [0.3, 0.4) is 0 Å². The van der Waals surface area contributed by atoms with Gasteiger partial charge in [0.2, 0.25) is 0 Å². The Morgan fingerprint density at radius 3 is 2.41 bits per heavy atom. The number of hydrogen-bond donors (Lipinski definition) is 2. The van der Waals surface area contributed by atoms with Crippen LogP contribution in [-0.4, -0.2) is 22.4 Å². The Kier molecular flexibility index (Phi) is 5.48. The van der Waals surface area contributed by atoms with Gasteiger partial charge in [0.25, 0.3) is 5.91 Å². The van der Waals surface area contributed by atoms with Gasteiger partial charge in [-0.2, -0.15) is 0 Å². The highest BCUT2D eigenvalue weighted by atomic mass is 79.9. The molecule has 4 heteroatoms. The van der Waals surface area contributed by atoms with Crippen molar-refractivity contribution >= 4 is 21.8 Å². The molecule has 1 unspecified atom stereocenters. The fourth-order valence-electron chi connectivity index (χ4n) is 1.55. The molecule has 0 saturated carbocycles. The second kappa shape index (κ2) is 6.64. The van der Waals surface area contributed by atoms with Crippen molar-refractivity contribution in [2.75, 3.05) is 5.33 Å². The maximum atomic E-state index is 11.9. The maximum Gasteiger partial charge on any atom is 0.251 e. The number of carbonyl (C=O) groups is 1. The molecule has 3 nitrogen and oxygen atoms in total. The molecule has 0 spiro atoms. The average molecular weight is 300 g/mol. The lowest BCUT2D eigenvalue weighted by atomic mass is 10.0. The predicted molar refractivity (Wildman–Crippen MR) is 72.6 cm³/mol. The quantitative estimate of drug-likeness (QED) is 0.821. The third-order valence-corrected chi connectivity index (χ3v) is 3.13. The lowest BCUT2D eigenvalue weighted by molar-refractivity contribution is 0.0925. The Labute approximate surface area is 110 Å². The predicted octanol–water partition coefficient (Wildman–Crippen LogP) is 2.93. The molecule has 0 aliphatic rings. The molecule has 0 aliphatic carbocycles. The van der Waals surface area contributed by atoms with Gasteiger partial charge in [0.1, 0.15) is 5.75 Å². The van der Waals surface area contributed by atoms with Crippen molar-refractivity contribution in [3.63, 3.8) is 0 Å². The molecule has 17 heavy (non-hydrogen) atoms. The maximum absolute atomic E-state index is 11.9. The minimum absolute atomic E-state index is 0.0929. The molecule has 94 valence electrons. The number of halogens is 1. The smallest absolute Gasteiger partial charge is 0.251 e. The molecule has 0 aromatic heterocycles. The highest BCUT2D eigenvalue weighted by Crippen LogP contribution is 2.12. The van der Waals surface area contributed by atoms with Crippen LogP contribution in [0.1, 0.15) is 30.6 Å². The summed E-state index contributed by atoms with van der Waals surface area (Å²) in [5, 5.41) is 13.0. The Morgan fingerprint density at radius 2 is 1.94 bits per heavy atom. The van der Waals surface area contributed by atoms with E-state index in [1.165, 1.54) is 12.1 Å². The molecule has 1 amide bonds. The summed E-state index contributed by atoms with van der Waals surface area (Å²) in [6, 6.07) is 6.44. The number of phenols is 1. The summed E-state index contributed by atoms with van der Waals surface area (Å²) in [5.41, 5.74) is 0.572. The summed E-state index contributed by atoms with van der Waals surface area (Å²) >= 11 is 3.39. The summed E-state index contributed by atoms with van der Waals surface area (Å²) in [6.07, 6.45) is 0.904. The van der Waals surface area contributed by atoms with Crippen molar-refractivity contribution in [2.45, 2.75) is 26.3 Å².